The Labute approximate surface area is 478 Å². The zero-order valence-corrected chi connectivity index (χ0v) is 51.2. The number of ether oxygens (including phenoxy) is 3. The molecule has 6 nitrogen and oxygen atoms in total. The van der Waals surface area contributed by atoms with Crippen LogP contribution in [0.5, 0.6) is 0 Å². The standard InChI is InChI=1S/C71H126O6/c1-4-7-10-13-16-19-22-25-27-29-31-33-34-35-36-38-39-41-43-46-49-52-55-58-61-64-70(73)76-67-68(66-75-69(72)63-60-57-54-51-48-45-24-21-18-15-12-9-6-3)77-71(74)65-62-59-56-53-50-47-44-42-40-37-32-30-28-26-23-20-17-14-11-8-5-2/h8,11-12,15,17,20-21,24,26,28,32,37,68H,4-7,9-10,13-14,16,18-19,22-23,25,27,29-31,33-36,38-67H2,1-3H3/b11-8-,15-12-,20-17-,24-21-,28-26-,37-32-. The Morgan fingerprint density at radius 3 is 0.844 bits per heavy atom. The second-order valence-electron chi connectivity index (χ2n) is 22.4. The van der Waals surface area contributed by atoms with Gasteiger partial charge in [0.2, 0.25) is 0 Å². The van der Waals surface area contributed by atoms with Crippen LogP contribution in [0.15, 0.2) is 72.9 Å². The highest BCUT2D eigenvalue weighted by atomic mass is 16.6. The van der Waals surface area contributed by atoms with Crippen molar-refractivity contribution in [3.63, 3.8) is 0 Å². The van der Waals surface area contributed by atoms with Crippen LogP contribution in [0.3, 0.4) is 0 Å². The fraction of sp³-hybridized carbons (Fsp3) is 0.789. The number of esters is 3. The van der Waals surface area contributed by atoms with Gasteiger partial charge in [0.05, 0.1) is 0 Å². The van der Waals surface area contributed by atoms with Crippen molar-refractivity contribution < 1.29 is 28.6 Å². The summed E-state index contributed by atoms with van der Waals surface area (Å²) >= 11 is 0. The molecular weight excluding hydrogens is 949 g/mol. The zero-order valence-electron chi connectivity index (χ0n) is 51.2. The molecule has 0 heterocycles. The topological polar surface area (TPSA) is 78.9 Å². The molecule has 0 saturated heterocycles. The minimum Gasteiger partial charge on any atom is -0.462 e. The molecule has 0 aliphatic rings. The van der Waals surface area contributed by atoms with Gasteiger partial charge in [-0.2, -0.15) is 0 Å². The molecule has 0 saturated carbocycles. The molecule has 0 radical (unpaired) electrons. The lowest BCUT2D eigenvalue weighted by molar-refractivity contribution is -0.167. The number of hydrogen-bond donors (Lipinski definition) is 0. The van der Waals surface area contributed by atoms with E-state index < -0.39 is 6.10 Å². The first-order chi connectivity index (χ1) is 38.0. The average Bonchev–Trinajstić information content (AvgIpc) is 3.43. The minimum atomic E-state index is -0.786. The van der Waals surface area contributed by atoms with Gasteiger partial charge in [-0.05, 0) is 83.5 Å². The van der Waals surface area contributed by atoms with Crippen LogP contribution in [0.4, 0.5) is 0 Å². The quantitative estimate of drug-likeness (QED) is 0.0261. The van der Waals surface area contributed by atoms with Crippen molar-refractivity contribution in [2.24, 2.45) is 0 Å². The van der Waals surface area contributed by atoms with Gasteiger partial charge in [-0.15, -0.1) is 0 Å². The molecule has 0 rings (SSSR count). The molecule has 0 fully saturated rings. The van der Waals surface area contributed by atoms with E-state index in [0.717, 1.165) is 116 Å². The molecule has 0 bridgehead atoms. The third-order valence-corrected chi connectivity index (χ3v) is 14.7. The first-order valence-electron chi connectivity index (χ1n) is 33.4. The fourth-order valence-electron chi connectivity index (χ4n) is 9.71. The summed E-state index contributed by atoms with van der Waals surface area (Å²) < 4.78 is 16.9. The van der Waals surface area contributed by atoms with Crippen molar-refractivity contribution >= 4 is 17.9 Å². The summed E-state index contributed by atoms with van der Waals surface area (Å²) in [6.45, 7) is 6.49. The van der Waals surface area contributed by atoms with Crippen LogP contribution < -0.4 is 0 Å². The second kappa shape index (κ2) is 65.4. The summed E-state index contributed by atoms with van der Waals surface area (Å²) in [6, 6.07) is 0. The molecule has 6 heteroatoms. The molecular formula is C71H126O6. The van der Waals surface area contributed by atoms with Crippen LogP contribution in [0, 0.1) is 0 Å². The minimum absolute atomic E-state index is 0.0803. The Balaban J connectivity index is 4.28. The predicted octanol–water partition coefficient (Wildman–Crippen LogP) is 22.9. The molecule has 1 unspecified atom stereocenters. The molecule has 0 aliphatic heterocycles. The Morgan fingerprint density at radius 2 is 0.532 bits per heavy atom. The maximum absolute atomic E-state index is 12.9. The Morgan fingerprint density at radius 1 is 0.273 bits per heavy atom. The number of unbranched alkanes of at least 4 members (excludes halogenated alkanes) is 38. The second-order valence-corrected chi connectivity index (χ2v) is 22.4. The van der Waals surface area contributed by atoms with E-state index in [1.807, 2.05) is 0 Å². The van der Waals surface area contributed by atoms with Crippen LogP contribution in [-0.2, 0) is 28.6 Å². The third-order valence-electron chi connectivity index (χ3n) is 14.7. The summed E-state index contributed by atoms with van der Waals surface area (Å²) in [5, 5.41) is 0. The van der Waals surface area contributed by atoms with Crippen molar-refractivity contribution in [3.05, 3.63) is 72.9 Å². The summed E-state index contributed by atoms with van der Waals surface area (Å²) in [7, 11) is 0. The molecule has 0 spiro atoms. The van der Waals surface area contributed by atoms with Gasteiger partial charge in [0.25, 0.3) is 0 Å². The summed E-state index contributed by atoms with van der Waals surface area (Å²) in [5.41, 5.74) is 0. The SMILES string of the molecule is CC/C=C\C/C=C\C/C=C\C/C=C\CCCCCCCCCCC(=O)OC(COC(=O)CCCCCCC/C=C\C/C=C\CCC)COC(=O)CCCCCCCCCCCCCCCCCCCCCCCCCCC. The van der Waals surface area contributed by atoms with Crippen LogP contribution in [0.2, 0.25) is 0 Å². The monoisotopic (exact) mass is 1070 g/mol. The maximum atomic E-state index is 12.9. The van der Waals surface area contributed by atoms with Crippen molar-refractivity contribution in [3.8, 4) is 0 Å². The lowest BCUT2D eigenvalue weighted by atomic mass is 10.0. The maximum Gasteiger partial charge on any atom is 0.306 e. The normalized spacial score (nSPS) is 12.5. The molecule has 0 amide bonds. The molecule has 0 aromatic heterocycles. The van der Waals surface area contributed by atoms with E-state index >= 15 is 0 Å². The zero-order chi connectivity index (χ0) is 55.7. The number of carbonyl (C=O) groups is 3. The highest BCUT2D eigenvalue weighted by molar-refractivity contribution is 5.71. The van der Waals surface area contributed by atoms with Gasteiger partial charge in [0, 0.05) is 19.3 Å². The average molecular weight is 1080 g/mol. The van der Waals surface area contributed by atoms with Crippen molar-refractivity contribution in [1.29, 1.82) is 0 Å². The van der Waals surface area contributed by atoms with Gasteiger partial charge >= 0.3 is 17.9 Å². The Bertz CT molecular complexity index is 1420. The van der Waals surface area contributed by atoms with Gasteiger partial charge in [0.1, 0.15) is 13.2 Å². The summed E-state index contributed by atoms with van der Waals surface area (Å²) in [4.78, 5) is 38.3. The van der Waals surface area contributed by atoms with Gasteiger partial charge in [-0.25, -0.2) is 0 Å². The van der Waals surface area contributed by atoms with Crippen molar-refractivity contribution in [1.82, 2.24) is 0 Å². The molecule has 1 atom stereocenters. The van der Waals surface area contributed by atoms with Gasteiger partial charge in [0.15, 0.2) is 6.10 Å². The molecule has 0 aliphatic carbocycles. The first-order valence-corrected chi connectivity index (χ1v) is 33.4. The van der Waals surface area contributed by atoms with E-state index in [9.17, 15) is 14.4 Å². The van der Waals surface area contributed by atoms with E-state index in [4.69, 9.17) is 14.2 Å². The van der Waals surface area contributed by atoms with Gasteiger partial charge in [-0.1, -0.05) is 312 Å². The molecule has 0 N–H and O–H groups in total. The molecule has 0 aromatic carbocycles. The van der Waals surface area contributed by atoms with Crippen LogP contribution in [-0.4, -0.2) is 37.2 Å². The van der Waals surface area contributed by atoms with Gasteiger partial charge < -0.3 is 14.2 Å². The number of carbonyl (C=O) groups excluding carboxylic acids is 3. The number of hydrogen-bond acceptors (Lipinski definition) is 6. The van der Waals surface area contributed by atoms with Crippen molar-refractivity contribution in [2.75, 3.05) is 13.2 Å². The van der Waals surface area contributed by atoms with E-state index in [1.54, 1.807) is 0 Å². The molecule has 77 heavy (non-hydrogen) atoms. The highest BCUT2D eigenvalue weighted by Crippen LogP contribution is 2.18. The third kappa shape index (κ3) is 63.6. The lowest BCUT2D eigenvalue weighted by Gasteiger charge is -2.18. The largest absolute Gasteiger partial charge is 0.462 e. The summed E-state index contributed by atoms with van der Waals surface area (Å²) in [5.74, 6) is -0.886. The van der Waals surface area contributed by atoms with Crippen LogP contribution in [0.1, 0.15) is 342 Å². The highest BCUT2D eigenvalue weighted by Gasteiger charge is 2.19. The molecule has 0 aromatic rings. The Hall–Kier alpha value is -3.15. The fourth-order valence-corrected chi connectivity index (χ4v) is 9.71. The number of allylic oxidation sites excluding steroid dienone is 12. The molecule has 446 valence electrons. The van der Waals surface area contributed by atoms with Crippen LogP contribution >= 0.6 is 0 Å². The Kier molecular flexibility index (Phi) is 62.7. The van der Waals surface area contributed by atoms with Crippen molar-refractivity contribution in [2.45, 2.75) is 348 Å². The van der Waals surface area contributed by atoms with Crippen LogP contribution in [0.25, 0.3) is 0 Å². The number of rotatable bonds is 61. The lowest BCUT2D eigenvalue weighted by Crippen LogP contribution is -2.30. The predicted molar refractivity (Wildman–Crippen MR) is 335 cm³/mol. The summed E-state index contributed by atoms with van der Waals surface area (Å²) in [6.07, 6.45) is 84.9. The van der Waals surface area contributed by atoms with E-state index in [1.165, 1.54) is 186 Å². The van der Waals surface area contributed by atoms with E-state index in [0.29, 0.717) is 19.3 Å². The van der Waals surface area contributed by atoms with Gasteiger partial charge in [-0.3, -0.25) is 14.4 Å². The van der Waals surface area contributed by atoms with E-state index in [2.05, 4.69) is 93.7 Å². The van der Waals surface area contributed by atoms with E-state index in [-0.39, 0.29) is 31.1 Å². The first kappa shape index (κ1) is 73.8. The smallest absolute Gasteiger partial charge is 0.306 e.